The summed E-state index contributed by atoms with van der Waals surface area (Å²) < 4.78 is 5.68. The lowest BCUT2D eigenvalue weighted by molar-refractivity contribution is -0.142. The van der Waals surface area contributed by atoms with Gasteiger partial charge in [0.1, 0.15) is 0 Å². The van der Waals surface area contributed by atoms with Gasteiger partial charge in [0.05, 0.1) is 12.0 Å². The Labute approximate surface area is 125 Å². The van der Waals surface area contributed by atoms with E-state index in [1.165, 1.54) is 0 Å². The average Bonchev–Trinajstić information content (AvgIpc) is 2.73. The number of carboxylic acid groups (broad SMARTS) is 1. The number of rotatable bonds is 3. The number of hydrogen-bond acceptors (Lipinski definition) is 3. The van der Waals surface area contributed by atoms with Crippen LogP contribution in [0.25, 0.3) is 0 Å². The third kappa shape index (κ3) is 4.59. The highest BCUT2D eigenvalue weighted by atomic mass is 16.5. The highest BCUT2D eigenvalue weighted by Crippen LogP contribution is 2.24. The Morgan fingerprint density at radius 2 is 2.00 bits per heavy atom. The van der Waals surface area contributed by atoms with E-state index in [0.29, 0.717) is 26.0 Å². The predicted molar refractivity (Wildman–Crippen MR) is 78.1 cm³/mol. The first-order valence-corrected chi connectivity index (χ1v) is 8.00. The van der Waals surface area contributed by atoms with Crippen molar-refractivity contribution in [1.29, 1.82) is 0 Å². The SMILES string of the molecule is CCC1CN(C(=O)NC2CCC(C(=O)O)CC2)CCCO1. The van der Waals surface area contributed by atoms with Crippen molar-refractivity contribution < 1.29 is 19.4 Å². The van der Waals surface area contributed by atoms with Crippen LogP contribution in [0.1, 0.15) is 45.4 Å². The fourth-order valence-corrected chi connectivity index (χ4v) is 3.08. The molecule has 120 valence electrons. The van der Waals surface area contributed by atoms with Gasteiger partial charge >= 0.3 is 12.0 Å². The van der Waals surface area contributed by atoms with Crippen LogP contribution in [0, 0.1) is 5.92 Å². The normalized spacial score (nSPS) is 30.5. The van der Waals surface area contributed by atoms with Crippen molar-refractivity contribution in [3.8, 4) is 0 Å². The molecule has 2 fully saturated rings. The Bertz CT molecular complexity index is 367. The molecule has 2 rings (SSSR count). The number of carbonyl (C=O) groups is 2. The largest absolute Gasteiger partial charge is 0.481 e. The van der Waals surface area contributed by atoms with Crippen LogP contribution in [0.4, 0.5) is 4.79 Å². The van der Waals surface area contributed by atoms with Crippen molar-refractivity contribution in [3.05, 3.63) is 0 Å². The summed E-state index contributed by atoms with van der Waals surface area (Å²) >= 11 is 0. The molecule has 1 aliphatic carbocycles. The minimum absolute atomic E-state index is 0.0299. The van der Waals surface area contributed by atoms with Crippen molar-refractivity contribution in [2.24, 2.45) is 5.92 Å². The number of urea groups is 1. The fraction of sp³-hybridized carbons (Fsp3) is 0.867. The van der Waals surface area contributed by atoms with E-state index in [1.54, 1.807) is 0 Å². The van der Waals surface area contributed by atoms with E-state index in [-0.39, 0.29) is 24.1 Å². The molecule has 0 radical (unpaired) electrons. The maximum atomic E-state index is 12.3. The molecule has 1 heterocycles. The van der Waals surface area contributed by atoms with Gasteiger partial charge in [0.15, 0.2) is 0 Å². The Morgan fingerprint density at radius 3 is 2.62 bits per heavy atom. The fourth-order valence-electron chi connectivity index (χ4n) is 3.08. The number of aliphatic carboxylic acids is 1. The first-order chi connectivity index (χ1) is 10.1. The van der Waals surface area contributed by atoms with Gasteiger partial charge in [-0.05, 0) is 38.5 Å². The smallest absolute Gasteiger partial charge is 0.317 e. The summed E-state index contributed by atoms with van der Waals surface area (Å²) in [4.78, 5) is 25.1. The molecule has 0 aromatic rings. The van der Waals surface area contributed by atoms with Crippen LogP contribution >= 0.6 is 0 Å². The van der Waals surface area contributed by atoms with Crippen molar-refractivity contribution in [2.45, 2.75) is 57.6 Å². The minimum Gasteiger partial charge on any atom is -0.481 e. The van der Waals surface area contributed by atoms with Crippen molar-refractivity contribution in [3.63, 3.8) is 0 Å². The topological polar surface area (TPSA) is 78.9 Å². The lowest BCUT2D eigenvalue weighted by Gasteiger charge is -2.30. The van der Waals surface area contributed by atoms with E-state index in [1.807, 2.05) is 4.90 Å². The van der Waals surface area contributed by atoms with E-state index in [0.717, 1.165) is 32.2 Å². The van der Waals surface area contributed by atoms with Crippen LogP contribution in [0.2, 0.25) is 0 Å². The number of nitrogens with zero attached hydrogens (tertiary/aromatic N) is 1. The molecule has 1 aliphatic heterocycles. The zero-order chi connectivity index (χ0) is 15.2. The van der Waals surface area contributed by atoms with E-state index in [2.05, 4.69) is 12.2 Å². The molecule has 0 bridgehead atoms. The van der Waals surface area contributed by atoms with Crippen LogP contribution in [-0.2, 0) is 9.53 Å². The predicted octanol–water partition coefficient (Wildman–Crippen LogP) is 1.84. The summed E-state index contributed by atoms with van der Waals surface area (Å²) in [5.74, 6) is -0.954. The summed E-state index contributed by atoms with van der Waals surface area (Å²) in [7, 11) is 0. The van der Waals surface area contributed by atoms with Gasteiger partial charge < -0.3 is 20.1 Å². The first-order valence-electron chi connectivity index (χ1n) is 8.00. The lowest BCUT2D eigenvalue weighted by atomic mass is 9.86. The second kappa shape index (κ2) is 7.64. The third-order valence-electron chi connectivity index (χ3n) is 4.50. The molecule has 0 aromatic carbocycles. The molecule has 1 unspecified atom stereocenters. The van der Waals surface area contributed by atoms with Crippen LogP contribution in [0.5, 0.6) is 0 Å². The summed E-state index contributed by atoms with van der Waals surface area (Å²) in [5, 5.41) is 12.0. The number of carboxylic acids is 1. The Balaban J connectivity index is 1.80. The molecule has 1 saturated carbocycles. The Hall–Kier alpha value is -1.30. The number of hydrogen-bond donors (Lipinski definition) is 2. The second-order valence-electron chi connectivity index (χ2n) is 6.04. The standard InChI is InChI=1S/C15H26N2O4/c1-2-13-10-17(8-3-9-21-13)15(20)16-12-6-4-11(5-7-12)14(18)19/h11-13H,2-10H2,1H3,(H,16,20)(H,18,19). The number of nitrogens with one attached hydrogen (secondary N) is 1. The van der Waals surface area contributed by atoms with Crippen molar-refractivity contribution in [2.75, 3.05) is 19.7 Å². The lowest BCUT2D eigenvalue weighted by Crippen LogP contribution is -2.48. The van der Waals surface area contributed by atoms with Crippen LogP contribution in [0.3, 0.4) is 0 Å². The van der Waals surface area contributed by atoms with Gasteiger partial charge in [-0.15, -0.1) is 0 Å². The molecule has 0 aromatic heterocycles. The quantitative estimate of drug-likeness (QED) is 0.833. The van der Waals surface area contributed by atoms with Gasteiger partial charge in [-0.3, -0.25) is 4.79 Å². The minimum atomic E-state index is -0.713. The molecule has 6 nitrogen and oxygen atoms in total. The molecule has 0 spiro atoms. The highest BCUT2D eigenvalue weighted by molar-refractivity contribution is 5.74. The van der Waals surface area contributed by atoms with Gasteiger partial charge in [0.25, 0.3) is 0 Å². The monoisotopic (exact) mass is 298 g/mol. The van der Waals surface area contributed by atoms with E-state index in [4.69, 9.17) is 9.84 Å². The molecule has 1 saturated heterocycles. The first kappa shape index (κ1) is 16.1. The Morgan fingerprint density at radius 1 is 1.29 bits per heavy atom. The maximum absolute atomic E-state index is 12.3. The van der Waals surface area contributed by atoms with E-state index in [9.17, 15) is 9.59 Å². The summed E-state index contributed by atoms with van der Waals surface area (Å²) in [6.07, 6.45) is 4.72. The molecular weight excluding hydrogens is 272 g/mol. The van der Waals surface area contributed by atoms with Crippen LogP contribution < -0.4 is 5.32 Å². The van der Waals surface area contributed by atoms with Crippen LogP contribution in [-0.4, -0.2) is 53.8 Å². The Kier molecular flexibility index (Phi) is 5.85. The molecular formula is C15H26N2O4. The maximum Gasteiger partial charge on any atom is 0.317 e. The zero-order valence-corrected chi connectivity index (χ0v) is 12.7. The molecule has 6 heteroatoms. The summed E-state index contributed by atoms with van der Waals surface area (Å²) in [6.45, 7) is 4.16. The van der Waals surface area contributed by atoms with Gasteiger partial charge in [-0.1, -0.05) is 6.92 Å². The third-order valence-corrected chi connectivity index (χ3v) is 4.50. The zero-order valence-electron chi connectivity index (χ0n) is 12.7. The van der Waals surface area contributed by atoms with Crippen LogP contribution in [0.15, 0.2) is 0 Å². The van der Waals surface area contributed by atoms with Gasteiger partial charge in [0, 0.05) is 25.7 Å². The number of amides is 2. The molecule has 21 heavy (non-hydrogen) atoms. The van der Waals surface area contributed by atoms with E-state index >= 15 is 0 Å². The molecule has 2 amide bonds. The second-order valence-corrected chi connectivity index (χ2v) is 6.04. The molecule has 2 N–H and O–H groups in total. The van der Waals surface area contributed by atoms with Gasteiger partial charge in [0.2, 0.25) is 0 Å². The van der Waals surface area contributed by atoms with Crippen molar-refractivity contribution >= 4 is 12.0 Å². The number of carbonyl (C=O) groups excluding carboxylic acids is 1. The van der Waals surface area contributed by atoms with E-state index < -0.39 is 5.97 Å². The van der Waals surface area contributed by atoms with Crippen molar-refractivity contribution in [1.82, 2.24) is 10.2 Å². The average molecular weight is 298 g/mol. The van der Waals surface area contributed by atoms with Gasteiger partial charge in [-0.25, -0.2) is 4.79 Å². The number of ether oxygens (including phenoxy) is 1. The molecule has 2 aliphatic rings. The summed E-state index contributed by atoms with van der Waals surface area (Å²) in [6, 6.07) is 0.0788. The highest BCUT2D eigenvalue weighted by Gasteiger charge is 2.28. The van der Waals surface area contributed by atoms with Gasteiger partial charge in [-0.2, -0.15) is 0 Å². The summed E-state index contributed by atoms with van der Waals surface area (Å²) in [5.41, 5.74) is 0. The molecule has 1 atom stereocenters.